The van der Waals surface area contributed by atoms with E-state index in [0.717, 1.165) is 11.3 Å². The second-order valence-corrected chi connectivity index (χ2v) is 7.38. The Bertz CT molecular complexity index is 557. The third-order valence-electron chi connectivity index (χ3n) is 3.51. The van der Waals surface area contributed by atoms with Crippen molar-refractivity contribution in [2.75, 3.05) is 24.2 Å². The summed E-state index contributed by atoms with van der Waals surface area (Å²) in [5, 5.41) is 12.1. The first kappa shape index (κ1) is 16.8. The number of benzene rings is 1. The molecule has 1 aromatic carbocycles. The first-order valence-electron chi connectivity index (χ1n) is 7.22. The van der Waals surface area contributed by atoms with Crippen LogP contribution in [-0.2, 0) is 9.59 Å². The van der Waals surface area contributed by atoms with E-state index in [4.69, 9.17) is 0 Å². The minimum Gasteiger partial charge on any atom is -0.396 e. The lowest BCUT2D eigenvalue weighted by atomic mass is 9.94. The molecule has 120 valence electrons. The lowest BCUT2D eigenvalue weighted by molar-refractivity contribution is -0.129. The van der Waals surface area contributed by atoms with Crippen LogP contribution in [0.4, 0.5) is 5.69 Å². The number of aliphatic hydroxyl groups is 1. The highest BCUT2D eigenvalue weighted by molar-refractivity contribution is 8.00. The molecule has 1 aliphatic rings. The molecule has 2 rings (SSSR count). The fourth-order valence-electron chi connectivity index (χ4n) is 2.35. The zero-order valence-corrected chi connectivity index (χ0v) is 13.9. The fraction of sp³-hybridized carbons (Fsp3) is 0.500. The van der Waals surface area contributed by atoms with Crippen molar-refractivity contribution < 1.29 is 14.7 Å². The first-order valence-corrected chi connectivity index (χ1v) is 8.27. The van der Waals surface area contributed by atoms with Crippen LogP contribution in [0.15, 0.2) is 24.3 Å². The van der Waals surface area contributed by atoms with Crippen molar-refractivity contribution in [3.05, 3.63) is 29.8 Å². The Morgan fingerprint density at radius 1 is 1.41 bits per heavy atom. The van der Waals surface area contributed by atoms with Gasteiger partial charge in [0, 0.05) is 31.2 Å². The van der Waals surface area contributed by atoms with E-state index in [2.05, 4.69) is 5.32 Å². The highest BCUT2D eigenvalue weighted by Crippen LogP contribution is 2.40. The van der Waals surface area contributed by atoms with Gasteiger partial charge in [0.1, 0.15) is 5.37 Å². The Kier molecular flexibility index (Phi) is 5.13. The summed E-state index contributed by atoms with van der Waals surface area (Å²) < 4.78 is 0. The zero-order valence-electron chi connectivity index (χ0n) is 13.1. The topological polar surface area (TPSA) is 69.6 Å². The smallest absolute Gasteiger partial charge is 0.233 e. The van der Waals surface area contributed by atoms with Gasteiger partial charge >= 0.3 is 0 Å². The molecule has 1 aliphatic heterocycles. The molecule has 1 saturated heterocycles. The number of hydrogen-bond acceptors (Lipinski definition) is 4. The number of aliphatic hydroxyl groups excluding tert-OH is 1. The van der Waals surface area contributed by atoms with Gasteiger partial charge in [0.15, 0.2) is 0 Å². The highest BCUT2D eigenvalue weighted by Gasteiger charge is 2.36. The summed E-state index contributed by atoms with van der Waals surface area (Å²) >= 11 is 1.59. The molecule has 1 heterocycles. The van der Waals surface area contributed by atoms with Crippen LogP contribution in [0, 0.1) is 5.41 Å². The van der Waals surface area contributed by atoms with Crippen LogP contribution in [0.5, 0.6) is 0 Å². The van der Waals surface area contributed by atoms with Gasteiger partial charge in [0.25, 0.3) is 0 Å². The van der Waals surface area contributed by atoms with Crippen molar-refractivity contribution in [1.29, 1.82) is 0 Å². The molecule has 5 nitrogen and oxygen atoms in total. The van der Waals surface area contributed by atoms with E-state index in [1.54, 1.807) is 11.8 Å². The molecule has 0 aromatic heterocycles. The maximum absolute atomic E-state index is 12.1. The Labute approximate surface area is 135 Å². The van der Waals surface area contributed by atoms with E-state index in [0.29, 0.717) is 12.3 Å². The van der Waals surface area contributed by atoms with Crippen LogP contribution < -0.4 is 5.32 Å². The van der Waals surface area contributed by atoms with Crippen molar-refractivity contribution in [1.82, 2.24) is 4.90 Å². The van der Waals surface area contributed by atoms with Gasteiger partial charge in [0.2, 0.25) is 11.8 Å². The van der Waals surface area contributed by atoms with Gasteiger partial charge in [-0.3, -0.25) is 9.59 Å². The molecule has 0 aliphatic carbocycles. The van der Waals surface area contributed by atoms with E-state index >= 15 is 0 Å². The molecule has 0 saturated carbocycles. The number of carbonyl (C=O) groups is 2. The Balaban J connectivity index is 2.15. The molecule has 2 amide bonds. The number of amides is 2. The van der Waals surface area contributed by atoms with E-state index in [-0.39, 0.29) is 29.2 Å². The Hall–Kier alpha value is -1.53. The summed E-state index contributed by atoms with van der Waals surface area (Å²) in [6.45, 7) is 5.92. The van der Waals surface area contributed by atoms with Crippen molar-refractivity contribution in [3.63, 3.8) is 0 Å². The molecule has 6 heteroatoms. The number of carbonyl (C=O) groups excluding carboxylic acids is 2. The van der Waals surface area contributed by atoms with Gasteiger partial charge in [-0.25, -0.2) is 0 Å². The largest absolute Gasteiger partial charge is 0.396 e. The van der Waals surface area contributed by atoms with Crippen molar-refractivity contribution in [2.45, 2.75) is 26.1 Å². The molecule has 22 heavy (non-hydrogen) atoms. The normalized spacial score (nSPS) is 18.6. The average molecular weight is 322 g/mol. The minimum absolute atomic E-state index is 0.0373. The monoisotopic (exact) mass is 322 g/mol. The standard InChI is InChI=1S/C16H22N2O3S/c1-11(20)17-13-6-4-12(5-7-13)15-18(14(21)8-22-15)9-16(2,3)10-19/h4-7,15,19H,8-10H2,1-3H3,(H,17,20). The average Bonchev–Trinajstić information content (AvgIpc) is 2.80. The summed E-state index contributed by atoms with van der Waals surface area (Å²) in [6.07, 6.45) is 0. The zero-order chi connectivity index (χ0) is 16.3. The quantitative estimate of drug-likeness (QED) is 0.872. The summed E-state index contributed by atoms with van der Waals surface area (Å²) in [7, 11) is 0. The van der Waals surface area contributed by atoms with E-state index in [1.165, 1.54) is 6.92 Å². The first-order chi connectivity index (χ1) is 10.3. The third-order valence-corrected chi connectivity index (χ3v) is 4.77. The molecule has 0 bridgehead atoms. The van der Waals surface area contributed by atoms with Gasteiger partial charge < -0.3 is 15.3 Å². The molecule has 0 radical (unpaired) electrons. The fourth-order valence-corrected chi connectivity index (χ4v) is 3.53. The van der Waals surface area contributed by atoms with Gasteiger partial charge in [-0.1, -0.05) is 26.0 Å². The van der Waals surface area contributed by atoms with Crippen LogP contribution in [0.1, 0.15) is 31.7 Å². The van der Waals surface area contributed by atoms with Crippen LogP contribution >= 0.6 is 11.8 Å². The molecule has 0 spiro atoms. The van der Waals surface area contributed by atoms with Crippen molar-refractivity contribution in [2.24, 2.45) is 5.41 Å². The highest BCUT2D eigenvalue weighted by atomic mass is 32.2. The van der Waals surface area contributed by atoms with Crippen LogP contribution in [0.3, 0.4) is 0 Å². The molecular weight excluding hydrogens is 300 g/mol. The lowest BCUT2D eigenvalue weighted by Crippen LogP contribution is -2.38. The Morgan fingerprint density at radius 2 is 2.05 bits per heavy atom. The molecular formula is C16H22N2O3S. The second-order valence-electron chi connectivity index (χ2n) is 6.31. The summed E-state index contributed by atoms with van der Waals surface area (Å²) in [6, 6.07) is 7.55. The Morgan fingerprint density at radius 3 is 2.59 bits per heavy atom. The SMILES string of the molecule is CC(=O)Nc1ccc(C2SCC(=O)N2CC(C)(C)CO)cc1. The van der Waals surface area contributed by atoms with E-state index in [1.807, 2.05) is 43.0 Å². The molecule has 1 atom stereocenters. The van der Waals surface area contributed by atoms with Crippen LogP contribution in [0.2, 0.25) is 0 Å². The molecule has 1 fully saturated rings. The minimum atomic E-state index is -0.324. The number of nitrogens with zero attached hydrogens (tertiary/aromatic N) is 1. The summed E-state index contributed by atoms with van der Waals surface area (Å²) in [5.41, 5.74) is 1.45. The predicted octanol–water partition coefficient (Wildman–Crippen LogP) is 2.24. The summed E-state index contributed by atoms with van der Waals surface area (Å²) in [5.74, 6) is 0.451. The maximum Gasteiger partial charge on any atom is 0.233 e. The van der Waals surface area contributed by atoms with E-state index in [9.17, 15) is 14.7 Å². The summed E-state index contributed by atoms with van der Waals surface area (Å²) in [4.78, 5) is 25.0. The predicted molar refractivity (Wildman–Crippen MR) is 88.5 cm³/mol. The van der Waals surface area contributed by atoms with Crippen molar-refractivity contribution in [3.8, 4) is 0 Å². The molecule has 1 unspecified atom stereocenters. The number of thioether (sulfide) groups is 1. The molecule has 1 aromatic rings. The van der Waals surface area contributed by atoms with Crippen LogP contribution in [-0.4, -0.2) is 40.7 Å². The van der Waals surface area contributed by atoms with Gasteiger partial charge in [-0.05, 0) is 17.7 Å². The second kappa shape index (κ2) is 6.71. The van der Waals surface area contributed by atoms with Crippen LogP contribution in [0.25, 0.3) is 0 Å². The number of hydrogen-bond donors (Lipinski definition) is 2. The van der Waals surface area contributed by atoms with Crippen molar-refractivity contribution >= 4 is 29.3 Å². The maximum atomic E-state index is 12.1. The molecule has 2 N–H and O–H groups in total. The van der Waals surface area contributed by atoms with Gasteiger partial charge in [-0.15, -0.1) is 11.8 Å². The number of rotatable bonds is 5. The van der Waals surface area contributed by atoms with Gasteiger partial charge in [-0.2, -0.15) is 0 Å². The lowest BCUT2D eigenvalue weighted by Gasteiger charge is -2.32. The number of nitrogens with one attached hydrogen (secondary N) is 1. The van der Waals surface area contributed by atoms with Gasteiger partial charge in [0.05, 0.1) is 5.75 Å². The number of anilines is 1. The third kappa shape index (κ3) is 4.01. The van der Waals surface area contributed by atoms with E-state index < -0.39 is 0 Å².